The Morgan fingerprint density at radius 3 is 2.41 bits per heavy atom. The number of benzene rings is 3. The third kappa shape index (κ3) is 4.16. The molecule has 0 saturated carbocycles. The third-order valence-electron chi connectivity index (χ3n) is 5.48. The van der Waals surface area contributed by atoms with Gasteiger partial charge in [-0.3, -0.25) is 9.36 Å². The van der Waals surface area contributed by atoms with Gasteiger partial charge in [-0.15, -0.1) is 0 Å². The summed E-state index contributed by atoms with van der Waals surface area (Å²) in [5.41, 5.74) is 2.90. The van der Waals surface area contributed by atoms with E-state index in [9.17, 15) is 9.59 Å². The zero-order valence-electron chi connectivity index (χ0n) is 18.0. The van der Waals surface area contributed by atoms with E-state index in [0.29, 0.717) is 28.1 Å². The summed E-state index contributed by atoms with van der Waals surface area (Å²) >= 11 is 3.45. The number of urea groups is 1. The van der Waals surface area contributed by atoms with Gasteiger partial charge in [-0.25, -0.2) is 9.78 Å². The van der Waals surface area contributed by atoms with E-state index in [0.717, 1.165) is 10.0 Å². The summed E-state index contributed by atoms with van der Waals surface area (Å²) in [6, 6.07) is 21.6. The van der Waals surface area contributed by atoms with Crippen LogP contribution in [0.1, 0.15) is 24.4 Å². The predicted octanol–water partition coefficient (Wildman–Crippen LogP) is 5.68. The Labute approximate surface area is 194 Å². The van der Waals surface area contributed by atoms with E-state index < -0.39 is 6.04 Å². The van der Waals surface area contributed by atoms with Gasteiger partial charge in [0.05, 0.1) is 28.3 Å². The molecule has 0 fully saturated rings. The molecular weight excluding hydrogens is 468 g/mol. The maximum Gasteiger partial charge on any atom is 0.322 e. The van der Waals surface area contributed by atoms with Gasteiger partial charge >= 0.3 is 6.03 Å². The van der Waals surface area contributed by atoms with Crippen LogP contribution in [-0.2, 0) is 0 Å². The lowest BCUT2D eigenvalue weighted by Gasteiger charge is -2.27. The number of carbonyl (C=O) groups is 1. The van der Waals surface area contributed by atoms with Crippen molar-refractivity contribution in [2.24, 2.45) is 0 Å². The SMILES string of the molecule is Cc1ccc(-n2c(C(C)N(C)C(=O)Nc3ccccc3Br)nc3ccccc3c2=O)cc1. The summed E-state index contributed by atoms with van der Waals surface area (Å²) < 4.78 is 2.38. The quantitative estimate of drug-likeness (QED) is 0.400. The minimum Gasteiger partial charge on any atom is -0.318 e. The summed E-state index contributed by atoms with van der Waals surface area (Å²) in [6.07, 6.45) is 0. The van der Waals surface area contributed by atoms with Crippen LogP contribution >= 0.6 is 15.9 Å². The molecule has 2 amide bonds. The summed E-state index contributed by atoms with van der Waals surface area (Å²) in [5.74, 6) is 0.488. The van der Waals surface area contributed by atoms with Gasteiger partial charge < -0.3 is 10.2 Å². The smallest absolute Gasteiger partial charge is 0.318 e. The molecule has 7 heteroatoms. The van der Waals surface area contributed by atoms with E-state index in [4.69, 9.17) is 4.98 Å². The van der Waals surface area contributed by atoms with Crippen LogP contribution in [0.2, 0.25) is 0 Å². The molecule has 0 bridgehead atoms. The number of nitrogens with zero attached hydrogens (tertiary/aromatic N) is 3. The molecule has 4 aromatic rings. The first-order valence-electron chi connectivity index (χ1n) is 10.2. The molecule has 1 atom stereocenters. The Morgan fingerprint density at radius 2 is 1.69 bits per heavy atom. The summed E-state index contributed by atoms with van der Waals surface area (Å²) in [7, 11) is 1.69. The van der Waals surface area contributed by atoms with Crippen molar-refractivity contribution in [3.05, 3.63) is 99.0 Å². The lowest BCUT2D eigenvalue weighted by Crippen LogP contribution is -2.37. The van der Waals surface area contributed by atoms with Crippen molar-refractivity contribution < 1.29 is 4.79 Å². The highest BCUT2D eigenvalue weighted by atomic mass is 79.9. The molecule has 0 aliphatic carbocycles. The third-order valence-corrected chi connectivity index (χ3v) is 6.18. The monoisotopic (exact) mass is 490 g/mol. The van der Waals surface area contributed by atoms with Gasteiger partial charge in [0.15, 0.2) is 0 Å². The molecule has 0 aliphatic heterocycles. The van der Waals surface area contributed by atoms with Gasteiger partial charge in [-0.2, -0.15) is 0 Å². The highest BCUT2D eigenvalue weighted by Gasteiger charge is 2.24. The molecular formula is C25H23BrN4O2. The van der Waals surface area contributed by atoms with Crippen LogP contribution in [0.15, 0.2) is 82.1 Å². The molecule has 6 nitrogen and oxygen atoms in total. The van der Waals surface area contributed by atoms with Gasteiger partial charge in [0.25, 0.3) is 5.56 Å². The largest absolute Gasteiger partial charge is 0.322 e. The van der Waals surface area contributed by atoms with Gasteiger partial charge in [0.1, 0.15) is 5.82 Å². The van der Waals surface area contributed by atoms with Gasteiger partial charge in [0, 0.05) is 11.5 Å². The first-order valence-corrected chi connectivity index (χ1v) is 11.0. The number of fused-ring (bicyclic) bond motifs is 1. The Morgan fingerprint density at radius 1 is 1.03 bits per heavy atom. The fourth-order valence-electron chi connectivity index (χ4n) is 3.49. The van der Waals surface area contributed by atoms with Crippen LogP contribution in [0.5, 0.6) is 0 Å². The molecule has 0 spiro atoms. The van der Waals surface area contributed by atoms with Crippen molar-refractivity contribution in [3.8, 4) is 5.69 Å². The average molecular weight is 491 g/mol. The molecule has 4 rings (SSSR count). The Hall–Kier alpha value is -3.45. The number of aryl methyl sites for hydroxylation is 1. The van der Waals surface area contributed by atoms with Crippen molar-refractivity contribution in [1.29, 1.82) is 0 Å². The van der Waals surface area contributed by atoms with Gasteiger partial charge in [-0.1, -0.05) is 42.0 Å². The number of hydrogen-bond acceptors (Lipinski definition) is 3. The first kappa shape index (κ1) is 21.8. The lowest BCUT2D eigenvalue weighted by atomic mass is 10.1. The van der Waals surface area contributed by atoms with Crippen LogP contribution in [0.4, 0.5) is 10.5 Å². The maximum atomic E-state index is 13.5. The van der Waals surface area contributed by atoms with Crippen molar-refractivity contribution in [2.75, 3.05) is 12.4 Å². The van der Waals surface area contributed by atoms with Crippen molar-refractivity contribution >= 4 is 38.6 Å². The van der Waals surface area contributed by atoms with Crippen LogP contribution in [0.25, 0.3) is 16.6 Å². The first-order chi connectivity index (χ1) is 15.4. The number of nitrogens with one attached hydrogen (secondary N) is 1. The van der Waals surface area contributed by atoms with Crippen molar-refractivity contribution in [2.45, 2.75) is 19.9 Å². The Bertz CT molecular complexity index is 1350. The van der Waals surface area contributed by atoms with E-state index in [1.165, 1.54) is 0 Å². The second kappa shape index (κ2) is 8.96. The van der Waals surface area contributed by atoms with Crippen molar-refractivity contribution in [1.82, 2.24) is 14.5 Å². The molecule has 3 aromatic carbocycles. The molecule has 0 saturated heterocycles. The molecule has 0 radical (unpaired) electrons. The molecule has 1 heterocycles. The second-order valence-electron chi connectivity index (χ2n) is 7.66. The van der Waals surface area contributed by atoms with E-state index in [1.807, 2.05) is 80.6 Å². The van der Waals surface area contributed by atoms with E-state index in [2.05, 4.69) is 21.2 Å². The van der Waals surface area contributed by atoms with Gasteiger partial charge in [-0.05, 0) is 66.2 Å². The standard InChI is InChI=1S/C25H23BrN4O2/c1-16-12-14-18(15-13-16)30-23(27-21-10-6-4-8-19(21)24(30)31)17(2)29(3)25(32)28-22-11-7-5-9-20(22)26/h4-15,17H,1-3H3,(H,28,32). The lowest BCUT2D eigenvalue weighted by molar-refractivity contribution is 0.205. The number of aromatic nitrogens is 2. The number of para-hydroxylation sites is 2. The Balaban J connectivity index is 1.79. The number of hydrogen-bond donors (Lipinski definition) is 1. The molecule has 1 aromatic heterocycles. The number of halogens is 1. The molecule has 0 aliphatic rings. The topological polar surface area (TPSA) is 67.2 Å². The summed E-state index contributed by atoms with van der Waals surface area (Å²) in [4.78, 5) is 32.8. The fraction of sp³-hybridized carbons (Fsp3) is 0.160. The number of anilines is 1. The molecule has 32 heavy (non-hydrogen) atoms. The zero-order valence-corrected chi connectivity index (χ0v) is 19.6. The average Bonchev–Trinajstić information content (AvgIpc) is 2.80. The summed E-state index contributed by atoms with van der Waals surface area (Å²) in [6.45, 7) is 3.86. The van der Waals surface area contributed by atoms with Crippen LogP contribution in [0, 0.1) is 6.92 Å². The van der Waals surface area contributed by atoms with Crippen LogP contribution in [0.3, 0.4) is 0 Å². The van der Waals surface area contributed by atoms with Crippen LogP contribution in [-0.4, -0.2) is 27.5 Å². The van der Waals surface area contributed by atoms with E-state index >= 15 is 0 Å². The Kier molecular flexibility index (Phi) is 6.10. The molecule has 1 unspecified atom stereocenters. The highest BCUT2D eigenvalue weighted by molar-refractivity contribution is 9.10. The zero-order chi connectivity index (χ0) is 22.8. The predicted molar refractivity (Wildman–Crippen MR) is 131 cm³/mol. The van der Waals surface area contributed by atoms with Crippen LogP contribution < -0.4 is 10.9 Å². The number of carbonyl (C=O) groups excluding carboxylic acids is 1. The second-order valence-corrected chi connectivity index (χ2v) is 8.51. The number of amides is 2. The molecule has 162 valence electrons. The summed E-state index contributed by atoms with van der Waals surface area (Å²) in [5, 5.41) is 3.44. The maximum absolute atomic E-state index is 13.5. The van der Waals surface area contributed by atoms with E-state index in [1.54, 1.807) is 22.6 Å². The van der Waals surface area contributed by atoms with Crippen molar-refractivity contribution in [3.63, 3.8) is 0 Å². The normalized spacial score (nSPS) is 11.9. The minimum atomic E-state index is -0.476. The van der Waals surface area contributed by atoms with Gasteiger partial charge in [0.2, 0.25) is 0 Å². The highest BCUT2D eigenvalue weighted by Crippen LogP contribution is 2.25. The molecule has 1 N–H and O–H groups in total. The van der Waals surface area contributed by atoms with E-state index in [-0.39, 0.29) is 11.6 Å². The number of rotatable bonds is 4. The minimum absolute atomic E-state index is 0.166. The fourth-order valence-corrected chi connectivity index (χ4v) is 3.87.